The van der Waals surface area contributed by atoms with Gasteiger partial charge < -0.3 is 10.2 Å². The van der Waals surface area contributed by atoms with Crippen molar-refractivity contribution < 1.29 is 9.18 Å². The quantitative estimate of drug-likeness (QED) is 0.807. The summed E-state index contributed by atoms with van der Waals surface area (Å²) in [5, 5.41) is 3.24. The number of rotatable bonds is 2. The van der Waals surface area contributed by atoms with Crippen LogP contribution in [0.25, 0.3) is 6.08 Å². The summed E-state index contributed by atoms with van der Waals surface area (Å²) in [6.45, 7) is 3.23. The van der Waals surface area contributed by atoms with Crippen molar-refractivity contribution >= 4 is 12.0 Å². The Hall–Kier alpha value is -1.68. The van der Waals surface area contributed by atoms with Crippen LogP contribution in [0.4, 0.5) is 4.39 Å². The number of hydrogen-bond donors (Lipinski definition) is 1. The molecule has 0 radical (unpaired) electrons. The predicted octanol–water partition coefficient (Wildman–Crippen LogP) is 1.66. The summed E-state index contributed by atoms with van der Waals surface area (Å²) >= 11 is 0. The smallest absolute Gasteiger partial charge is 0.246 e. The second kappa shape index (κ2) is 6.31. The molecule has 1 N–H and O–H groups in total. The Morgan fingerprint density at radius 1 is 1.28 bits per heavy atom. The lowest BCUT2D eigenvalue weighted by atomic mass is 10.2. The molecule has 1 saturated heterocycles. The number of carbonyl (C=O) groups excluding carboxylic acids is 1. The van der Waals surface area contributed by atoms with E-state index in [-0.39, 0.29) is 11.7 Å². The van der Waals surface area contributed by atoms with Gasteiger partial charge in [-0.1, -0.05) is 18.2 Å². The molecular formula is C14H17FN2O. The van der Waals surface area contributed by atoms with Crippen LogP contribution in [0.1, 0.15) is 12.0 Å². The average Bonchev–Trinajstić information content (AvgIpc) is 2.66. The molecule has 3 nitrogen and oxygen atoms in total. The van der Waals surface area contributed by atoms with E-state index in [0.717, 1.165) is 26.1 Å². The molecule has 1 aliphatic heterocycles. The van der Waals surface area contributed by atoms with E-state index in [4.69, 9.17) is 0 Å². The first kappa shape index (κ1) is 12.8. The molecule has 0 bridgehead atoms. The van der Waals surface area contributed by atoms with E-state index < -0.39 is 0 Å². The molecular weight excluding hydrogens is 231 g/mol. The van der Waals surface area contributed by atoms with Crippen LogP contribution in [-0.4, -0.2) is 37.0 Å². The van der Waals surface area contributed by atoms with Gasteiger partial charge in [-0.3, -0.25) is 4.79 Å². The van der Waals surface area contributed by atoms with Gasteiger partial charge in [0, 0.05) is 31.3 Å². The van der Waals surface area contributed by atoms with E-state index >= 15 is 0 Å². The highest BCUT2D eigenvalue weighted by Gasteiger charge is 2.12. The number of amides is 1. The van der Waals surface area contributed by atoms with E-state index in [1.165, 1.54) is 18.2 Å². The molecule has 1 heterocycles. The van der Waals surface area contributed by atoms with Gasteiger partial charge in [-0.25, -0.2) is 4.39 Å². The summed E-state index contributed by atoms with van der Waals surface area (Å²) in [6.07, 6.45) is 3.94. The fourth-order valence-corrected chi connectivity index (χ4v) is 1.94. The maximum atomic E-state index is 13.4. The maximum absolute atomic E-state index is 13.4. The van der Waals surface area contributed by atoms with E-state index in [1.807, 2.05) is 0 Å². The standard InChI is InChI=1S/C14H17FN2O/c15-13-5-2-1-4-12(13)6-7-14(18)17-10-3-8-16-9-11-17/h1-2,4-7,16H,3,8-11H2/b7-6+. The Labute approximate surface area is 106 Å². The van der Waals surface area contributed by atoms with Crippen LogP contribution in [0.2, 0.25) is 0 Å². The third kappa shape index (κ3) is 3.40. The van der Waals surface area contributed by atoms with Crippen molar-refractivity contribution in [1.29, 1.82) is 0 Å². The third-order valence-electron chi connectivity index (χ3n) is 2.96. The van der Waals surface area contributed by atoms with Crippen LogP contribution in [0.15, 0.2) is 30.3 Å². The normalized spacial score (nSPS) is 16.8. The van der Waals surface area contributed by atoms with Crippen LogP contribution < -0.4 is 5.32 Å². The summed E-state index contributed by atoms with van der Waals surface area (Å²) < 4.78 is 13.4. The molecule has 0 aliphatic carbocycles. The van der Waals surface area contributed by atoms with Crippen LogP contribution in [0.5, 0.6) is 0 Å². The fraction of sp³-hybridized carbons (Fsp3) is 0.357. The largest absolute Gasteiger partial charge is 0.338 e. The number of nitrogens with one attached hydrogen (secondary N) is 1. The minimum atomic E-state index is -0.306. The molecule has 18 heavy (non-hydrogen) atoms. The van der Waals surface area contributed by atoms with Gasteiger partial charge in [-0.2, -0.15) is 0 Å². The first-order chi connectivity index (χ1) is 8.77. The highest BCUT2D eigenvalue weighted by Crippen LogP contribution is 2.08. The highest BCUT2D eigenvalue weighted by atomic mass is 19.1. The number of hydrogen-bond acceptors (Lipinski definition) is 2. The summed E-state index contributed by atoms with van der Waals surface area (Å²) in [5.74, 6) is -0.360. The van der Waals surface area contributed by atoms with Crippen molar-refractivity contribution in [2.75, 3.05) is 26.2 Å². The van der Waals surface area contributed by atoms with Crippen molar-refractivity contribution in [2.45, 2.75) is 6.42 Å². The molecule has 1 fully saturated rings. The minimum Gasteiger partial charge on any atom is -0.338 e. The molecule has 0 unspecified atom stereocenters. The minimum absolute atomic E-state index is 0.0537. The molecule has 4 heteroatoms. The lowest BCUT2D eigenvalue weighted by Crippen LogP contribution is -2.32. The van der Waals surface area contributed by atoms with E-state index in [0.29, 0.717) is 12.1 Å². The highest BCUT2D eigenvalue weighted by molar-refractivity contribution is 5.91. The van der Waals surface area contributed by atoms with Gasteiger partial charge in [0.1, 0.15) is 5.82 Å². The van der Waals surface area contributed by atoms with Crippen molar-refractivity contribution in [2.24, 2.45) is 0 Å². The second-order valence-electron chi connectivity index (χ2n) is 4.28. The Morgan fingerprint density at radius 2 is 2.11 bits per heavy atom. The van der Waals surface area contributed by atoms with Crippen LogP contribution in [0, 0.1) is 5.82 Å². The third-order valence-corrected chi connectivity index (χ3v) is 2.96. The molecule has 2 rings (SSSR count). The summed E-state index contributed by atoms with van der Waals surface area (Å²) in [7, 11) is 0. The van der Waals surface area contributed by atoms with Crippen molar-refractivity contribution in [1.82, 2.24) is 10.2 Å². The topological polar surface area (TPSA) is 32.3 Å². The van der Waals surface area contributed by atoms with Gasteiger partial charge in [0.25, 0.3) is 0 Å². The first-order valence-electron chi connectivity index (χ1n) is 6.19. The number of carbonyl (C=O) groups is 1. The first-order valence-corrected chi connectivity index (χ1v) is 6.19. The van der Waals surface area contributed by atoms with Gasteiger partial charge in [0.05, 0.1) is 0 Å². The Morgan fingerprint density at radius 3 is 2.94 bits per heavy atom. The molecule has 1 aliphatic rings. The van der Waals surface area contributed by atoms with Gasteiger partial charge in [-0.15, -0.1) is 0 Å². The van der Waals surface area contributed by atoms with E-state index in [1.54, 1.807) is 23.1 Å². The van der Waals surface area contributed by atoms with Gasteiger partial charge in [0.15, 0.2) is 0 Å². The Balaban J connectivity index is 2.00. The van der Waals surface area contributed by atoms with Gasteiger partial charge >= 0.3 is 0 Å². The molecule has 0 spiro atoms. The molecule has 0 aromatic heterocycles. The molecule has 1 aromatic rings. The van der Waals surface area contributed by atoms with E-state index in [9.17, 15) is 9.18 Å². The van der Waals surface area contributed by atoms with Crippen molar-refractivity contribution in [3.63, 3.8) is 0 Å². The monoisotopic (exact) mass is 248 g/mol. The summed E-state index contributed by atoms with van der Waals surface area (Å²) in [4.78, 5) is 13.7. The predicted molar refractivity (Wildman–Crippen MR) is 69.5 cm³/mol. The summed E-state index contributed by atoms with van der Waals surface area (Å²) in [5.41, 5.74) is 0.443. The van der Waals surface area contributed by atoms with Crippen molar-refractivity contribution in [3.8, 4) is 0 Å². The van der Waals surface area contributed by atoms with Crippen LogP contribution in [0.3, 0.4) is 0 Å². The maximum Gasteiger partial charge on any atom is 0.246 e. The molecule has 0 saturated carbocycles. The van der Waals surface area contributed by atoms with Crippen LogP contribution >= 0.6 is 0 Å². The average molecular weight is 248 g/mol. The van der Waals surface area contributed by atoms with Gasteiger partial charge in [-0.05, 0) is 25.1 Å². The number of benzene rings is 1. The lowest BCUT2D eigenvalue weighted by molar-refractivity contribution is -0.125. The van der Waals surface area contributed by atoms with Gasteiger partial charge in [0.2, 0.25) is 5.91 Å². The lowest BCUT2D eigenvalue weighted by Gasteiger charge is -2.17. The number of halogens is 1. The zero-order valence-corrected chi connectivity index (χ0v) is 10.2. The molecule has 1 aromatic carbocycles. The SMILES string of the molecule is O=C(/C=C/c1ccccc1F)N1CCCNCC1. The zero-order chi connectivity index (χ0) is 12.8. The second-order valence-corrected chi connectivity index (χ2v) is 4.28. The molecule has 1 amide bonds. The Kier molecular flexibility index (Phi) is 4.47. The molecule has 96 valence electrons. The van der Waals surface area contributed by atoms with Crippen molar-refractivity contribution in [3.05, 3.63) is 41.7 Å². The zero-order valence-electron chi connectivity index (χ0n) is 10.2. The summed E-state index contributed by atoms with van der Waals surface area (Å²) in [6, 6.07) is 6.43. The molecule has 0 atom stereocenters. The number of nitrogens with zero attached hydrogens (tertiary/aromatic N) is 1. The van der Waals surface area contributed by atoms with Crippen LogP contribution in [-0.2, 0) is 4.79 Å². The fourth-order valence-electron chi connectivity index (χ4n) is 1.94. The van der Waals surface area contributed by atoms with E-state index in [2.05, 4.69) is 5.32 Å². The Bertz CT molecular complexity index is 437.